The Labute approximate surface area is 177 Å². The van der Waals surface area contributed by atoms with Crippen molar-refractivity contribution >= 4 is 32.9 Å². The van der Waals surface area contributed by atoms with E-state index in [1.165, 1.54) is 0 Å². The number of likely N-dealkylation sites (N-methyl/N-ethyl adjacent to an activating group) is 1. The minimum absolute atomic E-state index is 0.196. The number of halogens is 3. The number of sulfone groups is 1. The number of anilines is 1. The Kier molecular flexibility index (Phi) is 7.55. The van der Waals surface area contributed by atoms with Crippen LogP contribution in [0.4, 0.5) is 30.2 Å². The van der Waals surface area contributed by atoms with Gasteiger partial charge in [-0.25, -0.2) is 13.2 Å². The lowest BCUT2D eigenvalue weighted by Crippen LogP contribution is -2.23. The first-order valence-corrected chi connectivity index (χ1v) is 10.4. The van der Waals surface area contributed by atoms with Crippen molar-refractivity contribution in [2.24, 2.45) is 10.2 Å². The molecule has 0 unspecified atom stereocenters. The Morgan fingerprint density at radius 1 is 1.03 bits per heavy atom. The van der Waals surface area contributed by atoms with Crippen LogP contribution in [0.5, 0.6) is 0 Å². The van der Waals surface area contributed by atoms with Gasteiger partial charge in [0.1, 0.15) is 6.61 Å². The van der Waals surface area contributed by atoms with E-state index < -0.39 is 26.2 Å². The smallest absolute Gasteiger partial charge is 0.460 e. The van der Waals surface area contributed by atoms with Crippen LogP contribution >= 0.6 is 0 Å². The summed E-state index contributed by atoms with van der Waals surface area (Å²) < 4.78 is 65.4. The Balaban J connectivity index is 1.98. The van der Waals surface area contributed by atoms with Crippen LogP contribution in [0.25, 0.3) is 0 Å². The average molecular weight is 455 g/mol. The molecule has 7 nitrogen and oxygen atoms in total. The van der Waals surface area contributed by atoms with Gasteiger partial charge in [0.15, 0.2) is 0 Å². The lowest BCUT2D eigenvalue weighted by molar-refractivity contribution is -0.138. The van der Waals surface area contributed by atoms with Crippen molar-refractivity contribution in [1.29, 1.82) is 0 Å². The molecule has 31 heavy (non-hydrogen) atoms. The molecule has 0 bridgehead atoms. The second-order valence-electron chi connectivity index (χ2n) is 6.50. The molecule has 0 fully saturated rings. The van der Waals surface area contributed by atoms with Crippen LogP contribution in [-0.4, -0.2) is 40.1 Å². The summed E-state index contributed by atoms with van der Waals surface area (Å²) in [5.41, 5.74) is -3.52. The van der Waals surface area contributed by atoms with E-state index in [0.29, 0.717) is 17.8 Å². The minimum atomic E-state index is -5.40. The molecular weight excluding hydrogens is 435 g/mol. The lowest BCUT2D eigenvalue weighted by Gasteiger charge is -2.19. The quantitative estimate of drug-likeness (QED) is 0.319. The summed E-state index contributed by atoms with van der Waals surface area (Å²) in [6.07, 6.45) is 0. The van der Waals surface area contributed by atoms with E-state index >= 15 is 0 Å². The zero-order valence-electron chi connectivity index (χ0n) is 16.8. The van der Waals surface area contributed by atoms with Gasteiger partial charge < -0.3 is 9.64 Å². The fourth-order valence-corrected chi connectivity index (χ4v) is 3.00. The SMILES string of the molecule is C=C(C)C(=O)OCCN(C)c1ccc(N=Nc2ccc(S(=O)(=O)C(F)(F)F)cc2)cc1. The molecule has 0 aliphatic heterocycles. The number of carbonyl (C=O) groups is 1. The van der Waals surface area contributed by atoms with Crippen LogP contribution in [0, 0.1) is 0 Å². The first-order chi connectivity index (χ1) is 14.4. The maximum atomic E-state index is 12.6. The standard InChI is InChI=1S/C20H20F3N3O4S/c1-14(2)19(27)30-13-12-26(3)17-8-4-15(5-9-17)24-25-16-6-10-18(11-7-16)31(28,29)20(21,22)23/h4-11H,1,12-13H2,2-3H3. The van der Waals surface area contributed by atoms with E-state index in [-0.39, 0.29) is 12.3 Å². The van der Waals surface area contributed by atoms with Crippen molar-refractivity contribution < 1.29 is 31.1 Å². The van der Waals surface area contributed by atoms with E-state index in [0.717, 1.165) is 30.0 Å². The van der Waals surface area contributed by atoms with Crippen LogP contribution in [0.3, 0.4) is 0 Å². The molecule has 2 aromatic carbocycles. The molecule has 0 saturated carbocycles. The molecule has 0 aliphatic carbocycles. The van der Waals surface area contributed by atoms with Crippen molar-refractivity contribution in [3.8, 4) is 0 Å². The van der Waals surface area contributed by atoms with Crippen LogP contribution in [0.2, 0.25) is 0 Å². The number of benzene rings is 2. The van der Waals surface area contributed by atoms with Crippen molar-refractivity contribution in [2.45, 2.75) is 17.3 Å². The van der Waals surface area contributed by atoms with Crippen LogP contribution in [-0.2, 0) is 19.4 Å². The Morgan fingerprint density at radius 3 is 1.97 bits per heavy atom. The predicted molar refractivity (Wildman–Crippen MR) is 109 cm³/mol. The molecule has 0 heterocycles. The number of hydrogen-bond donors (Lipinski definition) is 0. The molecule has 0 spiro atoms. The Hall–Kier alpha value is -3.21. The third kappa shape index (κ3) is 6.38. The van der Waals surface area contributed by atoms with Gasteiger partial charge >= 0.3 is 11.5 Å². The van der Waals surface area contributed by atoms with Gasteiger partial charge in [-0.15, -0.1) is 0 Å². The highest BCUT2D eigenvalue weighted by molar-refractivity contribution is 7.92. The Morgan fingerprint density at radius 2 is 1.52 bits per heavy atom. The molecule has 0 aliphatic rings. The van der Waals surface area contributed by atoms with Gasteiger partial charge in [-0.2, -0.15) is 23.4 Å². The molecule has 166 valence electrons. The van der Waals surface area contributed by atoms with Gasteiger partial charge in [-0.05, 0) is 55.5 Å². The van der Waals surface area contributed by atoms with E-state index in [1.807, 2.05) is 11.9 Å². The molecule has 11 heteroatoms. The first kappa shape index (κ1) is 24.1. The Bertz CT molecular complexity index is 1060. The number of alkyl halides is 3. The number of nitrogens with zero attached hydrogens (tertiary/aromatic N) is 3. The monoisotopic (exact) mass is 455 g/mol. The van der Waals surface area contributed by atoms with Gasteiger partial charge in [0.25, 0.3) is 9.84 Å². The summed E-state index contributed by atoms with van der Waals surface area (Å²) in [6, 6.07) is 10.8. The number of azo groups is 1. The van der Waals surface area contributed by atoms with Gasteiger partial charge in [0.2, 0.25) is 0 Å². The van der Waals surface area contributed by atoms with Gasteiger partial charge in [-0.1, -0.05) is 6.58 Å². The average Bonchev–Trinajstić information content (AvgIpc) is 2.71. The molecular formula is C20H20F3N3O4S. The third-order valence-corrected chi connectivity index (χ3v) is 5.53. The lowest BCUT2D eigenvalue weighted by atomic mass is 10.2. The minimum Gasteiger partial charge on any atom is -0.460 e. The maximum absolute atomic E-state index is 12.6. The predicted octanol–water partition coefficient (Wildman–Crippen LogP) is 4.95. The number of ether oxygens (including phenoxy) is 1. The highest BCUT2D eigenvalue weighted by atomic mass is 32.2. The molecule has 0 atom stereocenters. The van der Waals surface area contributed by atoms with E-state index in [1.54, 1.807) is 31.2 Å². The summed E-state index contributed by atoms with van der Waals surface area (Å²) >= 11 is 0. The number of hydrogen-bond acceptors (Lipinski definition) is 7. The maximum Gasteiger partial charge on any atom is 0.501 e. The van der Waals surface area contributed by atoms with Gasteiger partial charge in [0.05, 0.1) is 22.8 Å². The van der Waals surface area contributed by atoms with E-state index in [9.17, 15) is 26.4 Å². The van der Waals surface area contributed by atoms with Crippen molar-refractivity contribution in [3.05, 3.63) is 60.7 Å². The van der Waals surface area contributed by atoms with Crippen molar-refractivity contribution in [1.82, 2.24) is 0 Å². The zero-order valence-corrected chi connectivity index (χ0v) is 17.6. The van der Waals surface area contributed by atoms with Gasteiger partial charge in [-0.3, -0.25) is 0 Å². The molecule has 0 amide bonds. The van der Waals surface area contributed by atoms with Crippen molar-refractivity contribution in [3.63, 3.8) is 0 Å². The highest BCUT2D eigenvalue weighted by Gasteiger charge is 2.46. The summed E-state index contributed by atoms with van der Waals surface area (Å²) in [4.78, 5) is 12.4. The van der Waals surface area contributed by atoms with E-state index in [2.05, 4.69) is 16.8 Å². The van der Waals surface area contributed by atoms with Crippen molar-refractivity contribution in [2.75, 3.05) is 25.1 Å². The molecule has 0 N–H and O–H groups in total. The molecule has 2 rings (SSSR count). The topological polar surface area (TPSA) is 88.4 Å². The normalized spacial score (nSPS) is 12.0. The van der Waals surface area contributed by atoms with Gasteiger partial charge in [0, 0.05) is 18.3 Å². The third-order valence-electron chi connectivity index (χ3n) is 4.03. The van der Waals surface area contributed by atoms with E-state index in [4.69, 9.17) is 4.74 Å². The van der Waals surface area contributed by atoms with Crippen LogP contribution in [0.1, 0.15) is 6.92 Å². The molecule has 2 aromatic rings. The van der Waals surface area contributed by atoms with Crippen LogP contribution < -0.4 is 4.90 Å². The fourth-order valence-electron chi connectivity index (χ4n) is 2.24. The summed E-state index contributed by atoms with van der Waals surface area (Å²) in [5, 5.41) is 7.87. The second kappa shape index (κ2) is 9.73. The number of carbonyl (C=O) groups excluding carboxylic acids is 1. The highest BCUT2D eigenvalue weighted by Crippen LogP contribution is 2.31. The first-order valence-electron chi connectivity index (χ1n) is 8.89. The number of esters is 1. The summed E-state index contributed by atoms with van der Waals surface area (Å²) in [5.74, 6) is -0.451. The largest absolute Gasteiger partial charge is 0.501 e. The second-order valence-corrected chi connectivity index (χ2v) is 8.44. The fraction of sp³-hybridized carbons (Fsp3) is 0.250. The molecule has 0 saturated heterocycles. The van der Waals surface area contributed by atoms with Crippen LogP contribution in [0.15, 0.2) is 75.8 Å². The zero-order chi connectivity index (χ0) is 23.2. The number of rotatable bonds is 8. The summed E-state index contributed by atoms with van der Waals surface area (Å²) in [7, 11) is -3.58. The molecule has 0 radical (unpaired) electrons. The molecule has 0 aromatic heterocycles. The summed E-state index contributed by atoms with van der Waals surface area (Å²) in [6.45, 7) is 5.74.